The zero-order valence-corrected chi connectivity index (χ0v) is 14.2. The van der Waals surface area contributed by atoms with Gasteiger partial charge in [0.05, 0.1) is 0 Å². The van der Waals surface area contributed by atoms with E-state index in [2.05, 4.69) is 20.8 Å². The van der Waals surface area contributed by atoms with Gasteiger partial charge in [-0.05, 0) is 42.8 Å². The van der Waals surface area contributed by atoms with Crippen molar-refractivity contribution in [2.45, 2.75) is 38.3 Å². The van der Waals surface area contributed by atoms with Crippen LogP contribution in [0, 0.1) is 6.92 Å². The first-order valence-electron chi connectivity index (χ1n) is 8.43. The van der Waals surface area contributed by atoms with E-state index in [1.807, 2.05) is 49.2 Å². The molecule has 3 rings (SSSR count). The van der Waals surface area contributed by atoms with Crippen LogP contribution in [0.1, 0.15) is 30.3 Å². The smallest absolute Gasteiger partial charge is 0.247 e. The van der Waals surface area contributed by atoms with Crippen molar-refractivity contribution in [1.29, 1.82) is 0 Å². The average molecular weight is 328 g/mol. The van der Waals surface area contributed by atoms with Crippen molar-refractivity contribution in [2.75, 3.05) is 20.1 Å². The number of hydrogen-bond acceptors (Lipinski definition) is 5. The summed E-state index contributed by atoms with van der Waals surface area (Å²) in [5.74, 6) is 0.762. The van der Waals surface area contributed by atoms with E-state index < -0.39 is 6.04 Å². The van der Waals surface area contributed by atoms with Gasteiger partial charge in [-0.15, -0.1) is 5.10 Å². The standard InChI is InChI=1S/C17H24N6O/c1-13-19-20-21-23(13)16(12-14-6-4-3-5-7-14)17(24)22-10-8-15(18-2)9-11-22/h3-7,15-16,18H,8-12H2,1-2H3. The Morgan fingerprint density at radius 1 is 1.29 bits per heavy atom. The number of tetrazole rings is 1. The molecule has 2 aromatic rings. The Morgan fingerprint density at radius 3 is 2.58 bits per heavy atom. The van der Waals surface area contributed by atoms with Gasteiger partial charge in [0.1, 0.15) is 11.9 Å². The summed E-state index contributed by atoms with van der Waals surface area (Å²) < 4.78 is 1.65. The minimum absolute atomic E-state index is 0.101. The first-order chi connectivity index (χ1) is 11.7. The van der Waals surface area contributed by atoms with E-state index in [-0.39, 0.29) is 5.91 Å². The van der Waals surface area contributed by atoms with E-state index in [9.17, 15) is 4.79 Å². The molecule has 0 radical (unpaired) electrons. The molecular formula is C17H24N6O. The molecule has 1 aliphatic rings. The van der Waals surface area contributed by atoms with Gasteiger partial charge in [-0.1, -0.05) is 30.3 Å². The summed E-state index contributed by atoms with van der Waals surface area (Å²) in [6.45, 7) is 3.38. The van der Waals surface area contributed by atoms with Crippen LogP contribution in [0.2, 0.25) is 0 Å². The van der Waals surface area contributed by atoms with E-state index in [0.717, 1.165) is 31.5 Å². The molecule has 1 aromatic heterocycles. The van der Waals surface area contributed by atoms with Crippen LogP contribution in [0.3, 0.4) is 0 Å². The van der Waals surface area contributed by atoms with Crippen molar-refractivity contribution in [3.63, 3.8) is 0 Å². The number of piperidine rings is 1. The monoisotopic (exact) mass is 328 g/mol. The second-order valence-corrected chi connectivity index (χ2v) is 6.26. The second kappa shape index (κ2) is 7.53. The highest BCUT2D eigenvalue weighted by atomic mass is 16.2. The number of hydrogen-bond donors (Lipinski definition) is 1. The van der Waals surface area contributed by atoms with Crippen LogP contribution in [0.25, 0.3) is 0 Å². The van der Waals surface area contributed by atoms with E-state index >= 15 is 0 Å². The van der Waals surface area contributed by atoms with E-state index in [1.165, 1.54) is 0 Å². The molecule has 0 spiro atoms. The van der Waals surface area contributed by atoms with Crippen LogP contribution in [-0.2, 0) is 11.2 Å². The lowest BCUT2D eigenvalue weighted by Crippen LogP contribution is -2.47. The van der Waals surface area contributed by atoms with Gasteiger partial charge in [-0.3, -0.25) is 4.79 Å². The van der Waals surface area contributed by atoms with Gasteiger partial charge in [-0.2, -0.15) is 0 Å². The molecule has 128 valence electrons. The summed E-state index contributed by atoms with van der Waals surface area (Å²) in [5.41, 5.74) is 1.11. The van der Waals surface area contributed by atoms with Gasteiger partial charge in [0.25, 0.3) is 0 Å². The fourth-order valence-electron chi connectivity index (χ4n) is 3.24. The predicted molar refractivity (Wildman–Crippen MR) is 90.4 cm³/mol. The molecule has 0 saturated carbocycles. The third-order valence-electron chi connectivity index (χ3n) is 4.72. The number of amides is 1. The number of benzene rings is 1. The first kappa shape index (κ1) is 16.6. The van der Waals surface area contributed by atoms with Crippen LogP contribution < -0.4 is 5.32 Å². The molecule has 0 bridgehead atoms. The van der Waals surface area contributed by atoms with Gasteiger partial charge in [0, 0.05) is 25.6 Å². The van der Waals surface area contributed by atoms with Gasteiger partial charge in [0.15, 0.2) is 0 Å². The normalized spacial score (nSPS) is 17.0. The Balaban J connectivity index is 1.79. The molecule has 1 saturated heterocycles. The lowest BCUT2D eigenvalue weighted by atomic mass is 10.0. The Bertz CT molecular complexity index is 663. The molecule has 7 heteroatoms. The minimum Gasteiger partial charge on any atom is -0.341 e. The van der Waals surface area contributed by atoms with Crippen LogP contribution in [0.15, 0.2) is 30.3 Å². The molecule has 1 aromatic carbocycles. The van der Waals surface area contributed by atoms with Crippen molar-refractivity contribution >= 4 is 5.91 Å². The minimum atomic E-state index is -0.395. The molecule has 1 amide bonds. The van der Waals surface area contributed by atoms with Crippen LogP contribution in [-0.4, -0.2) is 57.2 Å². The van der Waals surface area contributed by atoms with Crippen molar-refractivity contribution in [1.82, 2.24) is 30.4 Å². The number of likely N-dealkylation sites (tertiary alicyclic amines) is 1. The molecule has 0 aliphatic carbocycles. The lowest BCUT2D eigenvalue weighted by Gasteiger charge is -2.34. The predicted octanol–water partition coefficient (Wildman–Crippen LogP) is 0.976. The van der Waals surface area contributed by atoms with Crippen molar-refractivity contribution in [3.8, 4) is 0 Å². The van der Waals surface area contributed by atoms with E-state index in [1.54, 1.807) is 4.68 Å². The molecule has 1 fully saturated rings. The highest BCUT2D eigenvalue weighted by Gasteiger charge is 2.30. The number of nitrogens with zero attached hydrogens (tertiary/aromatic N) is 5. The molecule has 1 unspecified atom stereocenters. The number of carbonyl (C=O) groups is 1. The Labute approximate surface area is 142 Å². The van der Waals surface area contributed by atoms with E-state index in [0.29, 0.717) is 18.3 Å². The Morgan fingerprint density at radius 2 is 2.00 bits per heavy atom. The van der Waals surface area contributed by atoms with Gasteiger partial charge < -0.3 is 10.2 Å². The number of aryl methyl sites for hydroxylation is 1. The Hall–Kier alpha value is -2.28. The summed E-state index contributed by atoms with van der Waals surface area (Å²) in [6.07, 6.45) is 2.56. The number of rotatable bonds is 5. The average Bonchev–Trinajstić information content (AvgIpc) is 3.06. The summed E-state index contributed by atoms with van der Waals surface area (Å²) in [5, 5.41) is 15.0. The molecule has 2 heterocycles. The summed E-state index contributed by atoms with van der Waals surface area (Å²) in [4.78, 5) is 15.1. The van der Waals surface area contributed by atoms with Crippen molar-refractivity contribution in [2.24, 2.45) is 0 Å². The van der Waals surface area contributed by atoms with Gasteiger partial charge in [-0.25, -0.2) is 4.68 Å². The highest BCUT2D eigenvalue weighted by molar-refractivity contribution is 5.80. The molecule has 1 N–H and O–H groups in total. The fourth-order valence-corrected chi connectivity index (χ4v) is 3.24. The van der Waals surface area contributed by atoms with Crippen molar-refractivity contribution in [3.05, 3.63) is 41.7 Å². The largest absolute Gasteiger partial charge is 0.341 e. The molecule has 1 atom stereocenters. The second-order valence-electron chi connectivity index (χ2n) is 6.26. The summed E-state index contributed by atoms with van der Waals surface area (Å²) >= 11 is 0. The lowest BCUT2D eigenvalue weighted by molar-refractivity contribution is -0.136. The Kier molecular flexibility index (Phi) is 5.20. The number of carbonyl (C=O) groups excluding carboxylic acids is 1. The van der Waals surface area contributed by atoms with Crippen LogP contribution >= 0.6 is 0 Å². The van der Waals surface area contributed by atoms with E-state index in [4.69, 9.17) is 0 Å². The molecule has 1 aliphatic heterocycles. The molecule has 7 nitrogen and oxygen atoms in total. The topological polar surface area (TPSA) is 75.9 Å². The fraction of sp³-hybridized carbons (Fsp3) is 0.529. The summed E-state index contributed by atoms with van der Waals surface area (Å²) in [6, 6.07) is 10.1. The number of nitrogens with one attached hydrogen (secondary N) is 1. The third-order valence-corrected chi connectivity index (χ3v) is 4.72. The SMILES string of the molecule is CNC1CCN(C(=O)C(Cc2ccccc2)n2nnnc2C)CC1. The first-order valence-corrected chi connectivity index (χ1v) is 8.43. The third kappa shape index (κ3) is 3.62. The molecular weight excluding hydrogens is 304 g/mol. The van der Waals surface area contributed by atoms with Crippen LogP contribution in [0.5, 0.6) is 0 Å². The zero-order valence-electron chi connectivity index (χ0n) is 14.2. The zero-order chi connectivity index (χ0) is 16.9. The quantitative estimate of drug-likeness (QED) is 0.885. The molecule has 24 heavy (non-hydrogen) atoms. The summed E-state index contributed by atoms with van der Waals surface area (Å²) in [7, 11) is 1.98. The maximum absolute atomic E-state index is 13.1. The van der Waals surface area contributed by atoms with Crippen molar-refractivity contribution < 1.29 is 4.79 Å². The maximum Gasteiger partial charge on any atom is 0.247 e. The highest BCUT2D eigenvalue weighted by Crippen LogP contribution is 2.20. The van der Waals surface area contributed by atoms with Crippen LogP contribution in [0.4, 0.5) is 0 Å². The van der Waals surface area contributed by atoms with Gasteiger partial charge >= 0.3 is 0 Å². The van der Waals surface area contributed by atoms with Gasteiger partial charge in [0.2, 0.25) is 5.91 Å². The maximum atomic E-state index is 13.1. The number of aromatic nitrogens is 4.